The van der Waals surface area contributed by atoms with Crippen LogP contribution in [0.2, 0.25) is 0 Å². The van der Waals surface area contributed by atoms with Crippen molar-refractivity contribution in [2.24, 2.45) is 0 Å². The number of aliphatic carboxylic acids is 1. The number of allylic oxidation sites excluding steroid dienone is 2. The van der Waals surface area contributed by atoms with Gasteiger partial charge in [-0.15, -0.1) is 0 Å². The number of hydrogen-bond acceptors (Lipinski definition) is 3. The molecule has 0 saturated carbocycles. The fraction of sp³-hybridized carbons (Fsp3) is 0.323. The molecule has 0 heterocycles. The predicted molar refractivity (Wildman–Crippen MR) is 142 cm³/mol. The average molecular weight is 491 g/mol. The van der Waals surface area contributed by atoms with Crippen LogP contribution in [0.25, 0.3) is 11.1 Å². The van der Waals surface area contributed by atoms with Gasteiger partial charge in [0, 0.05) is 11.5 Å². The minimum atomic E-state index is -0.839. The average Bonchev–Trinajstić information content (AvgIpc) is 2.85. The van der Waals surface area contributed by atoms with Crippen molar-refractivity contribution in [1.29, 1.82) is 0 Å². The van der Waals surface area contributed by atoms with E-state index in [-0.39, 0.29) is 23.6 Å². The summed E-state index contributed by atoms with van der Waals surface area (Å²) in [6.07, 6.45) is 4.80. The Hall–Kier alpha value is -3.60. The normalized spacial score (nSPS) is 12.5. The second-order valence-corrected chi connectivity index (χ2v) is 9.88. The molecule has 0 aliphatic rings. The molecular weight excluding hydrogens is 455 g/mol. The Labute approximate surface area is 213 Å². The molecule has 3 rings (SSSR count). The fourth-order valence-corrected chi connectivity index (χ4v) is 4.16. The van der Waals surface area contributed by atoms with Crippen molar-refractivity contribution in [2.75, 3.05) is 7.11 Å². The van der Waals surface area contributed by atoms with E-state index >= 15 is 0 Å². The predicted octanol–water partition coefficient (Wildman–Crippen LogP) is 7.90. The fourth-order valence-electron chi connectivity index (χ4n) is 4.16. The molecule has 190 valence electrons. The van der Waals surface area contributed by atoms with E-state index in [0.717, 1.165) is 28.7 Å². The van der Waals surface area contributed by atoms with Crippen LogP contribution >= 0.6 is 0 Å². The van der Waals surface area contributed by atoms with Crippen LogP contribution < -0.4 is 9.47 Å². The first-order valence-corrected chi connectivity index (χ1v) is 12.2. The number of carbonyl (C=O) groups is 1. The molecule has 0 saturated heterocycles. The topological polar surface area (TPSA) is 55.8 Å². The zero-order valence-corrected chi connectivity index (χ0v) is 21.7. The number of benzene rings is 3. The molecule has 1 atom stereocenters. The lowest BCUT2D eigenvalue weighted by molar-refractivity contribution is -0.137. The van der Waals surface area contributed by atoms with Crippen molar-refractivity contribution in [3.63, 3.8) is 0 Å². The summed E-state index contributed by atoms with van der Waals surface area (Å²) >= 11 is 0. The number of halogens is 1. The molecule has 0 spiro atoms. The van der Waals surface area contributed by atoms with E-state index < -0.39 is 5.97 Å². The largest absolute Gasteiger partial charge is 0.497 e. The summed E-state index contributed by atoms with van der Waals surface area (Å²) in [5.74, 6) is -0.0680. The van der Waals surface area contributed by atoms with Gasteiger partial charge in [0.25, 0.3) is 0 Å². The van der Waals surface area contributed by atoms with Gasteiger partial charge < -0.3 is 14.6 Å². The van der Waals surface area contributed by atoms with Crippen LogP contribution in [-0.2, 0) is 16.8 Å². The highest BCUT2D eigenvalue weighted by atomic mass is 19.1. The molecule has 5 heteroatoms. The van der Waals surface area contributed by atoms with E-state index in [1.165, 1.54) is 6.07 Å². The molecule has 0 aromatic heterocycles. The molecule has 0 amide bonds. The summed E-state index contributed by atoms with van der Waals surface area (Å²) in [5.41, 5.74) is 3.98. The first-order chi connectivity index (χ1) is 17.1. The molecule has 0 fully saturated rings. The van der Waals surface area contributed by atoms with Crippen LogP contribution in [0.1, 0.15) is 63.1 Å². The van der Waals surface area contributed by atoms with Gasteiger partial charge in [-0.1, -0.05) is 70.2 Å². The molecule has 4 nitrogen and oxygen atoms in total. The third kappa shape index (κ3) is 6.97. The molecule has 0 aliphatic carbocycles. The summed E-state index contributed by atoms with van der Waals surface area (Å²) in [4.78, 5) is 11.3. The number of carboxylic acid groups (broad SMARTS) is 1. The number of ether oxygens (including phenoxy) is 2. The summed E-state index contributed by atoms with van der Waals surface area (Å²) < 4.78 is 26.2. The van der Waals surface area contributed by atoms with E-state index in [9.17, 15) is 14.3 Å². The van der Waals surface area contributed by atoms with Gasteiger partial charge in [0.1, 0.15) is 23.9 Å². The maximum Gasteiger partial charge on any atom is 0.304 e. The molecule has 0 bridgehead atoms. The van der Waals surface area contributed by atoms with Gasteiger partial charge in [-0.25, -0.2) is 4.39 Å². The molecule has 36 heavy (non-hydrogen) atoms. The zero-order valence-electron chi connectivity index (χ0n) is 21.7. The van der Waals surface area contributed by atoms with Crippen LogP contribution in [0.15, 0.2) is 72.8 Å². The summed E-state index contributed by atoms with van der Waals surface area (Å²) in [7, 11) is 1.57. The van der Waals surface area contributed by atoms with Crippen molar-refractivity contribution >= 4 is 5.97 Å². The molecular formula is C31H35FO4. The Morgan fingerprint density at radius 1 is 1.03 bits per heavy atom. The van der Waals surface area contributed by atoms with Crippen molar-refractivity contribution < 1.29 is 23.8 Å². The number of carboxylic acids is 1. The third-order valence-electron chi connectivity index (χ3n) is 6.05. The summed E-state index contributed by atoms with van der Waals surface area (Å²) in [6, 6.07) is 18.3. The van der Waals surface area contributed by atoms with Crippen molar-refractivity contribution in [3.8, 4) is 22.6 Å². The van der Waals surface area contributed by atoms with Gasteiger partial charge in [-0.05, 0) is 64.4 Å². The Balaban J connectivity index is 1.87. The number of methoxy groups -OCH3 is 1. The van der Waals surface area contributed by atoms with Crippen LogP contribution in [0.3, 0.4) is 0 Å². The lowest BCUT2D eigenvalue weighted by atomic mass is 9.81. The Bertz CT molecular complexity index is 1220. The van der Waals surface area contributed by atoms with Gasteiger partial charge in [-0.3, -0.25) is 4.79 Å². The minimum Gasteiger partial charge on any atom is -0.497 e. The van der Waals surface area contributed by atoms with Crippen molar-refractivity contribution in [2.45, 2.75) is 58.5 Å². The van der Waals surface area contributed by atoms with E-state index in [1.807, 2.05) is 55.5 Å². The molecule has 3 aromatic rings. The van der Waals surface area contributed by atoms with E-state index in [0.29, 0.717) is 23.7 Å². The van der Waals surface area contributed by atoms with Gasteiger partial charge in [-0.2, -0.15) is 0 Å². The lowest BCUT2D eigenvalue weighted by Gasteiger charge is -2.24. The van der Waals surface area contributed by atoms with Crippen LogP contribution in [0.4, 0.5) is 4.39 Å². The standard InChI is InChI=1S/C31H35FO4/c1-6-7-9-23(18-30(33)34)22-10-8-11-25(17-22)36-20-21-12-14-26(28(16-21)31(2,3)4)27-19-24(35-5)13-15-29(27)32/h7-17,19,23H,6,18,20H2,1-5H3,(H,33,34)/b9-7+/t23-/m1/s1. The van der Waals surface area contributed by atoms with Gasteiger partial charge in [0.05, 0.1) is 13.5 Å². The lowest BCUT2D eigenvalue weighted by Crippen LogP contribution is -2.14. The maximum absolute atomic E-state index is 14.8. The number of hydrogen-bond donors (Lipinski definition) is 1. The Morgan fingerprint density at radius 2 is 1.81 bits per heavy atom. The quantitative estimate of drug-likeness (QED) is 0.294. The first kappa shape index (κ1) is 27.0. The third-order valence-corrected chi connectivity index (χ3v) is 6.05. The van der Waals surface area contributed by atoms with Crippen LogP contribution in [0.5, 0.6) is 11.5 Å². The molecule has 0 radical (unpaired) electrons. The minimum absolute atomic E-state index is 0.0250. The highest BCUT2D eigenvalue weighted by Crippen LogP contribution is 2.37. The highest BCUT2D eigenvalue weighted by molar-refractivity contribution is 5.71. The summed E-state index contributed by atoms with van der Waals surface area (Å²) in [5, 5.41) is 9.31. The van der Waals surface area contributed by atoms with Gasteiger partial charge >= 0.3 is 5.97 Å². The zero-order chi connectivity index (χ0) is 26.3. The molecule has 0 aliphatic heterocycles. The van der Waals surface area contributed by atoms with Gasteiger partial charge in [0.15, 0.2) is 0 Å². The Kier molecular flexibility index (Phi) is 8.92. The highest BCUT2D eigenvalue weighted by Gasteiger charge is 2.22. The van der Waals surface area contributed by atoms with E-state index in [2.05, 4.69) is 26.8 Å². The molecule has 1 N–H and O–H groups in total. The Morgan fingerprint density at radius 3 is 2.47 bits per heavy atom. The monoisotopic (exact) mass is 490 g/mol. The smallest absolute Gasteiger partial charge is 0.304 e. The summed E-state index contributed by atoms with van der Waals surface area (Å²) in [6.45, 7) is 8.66. The van der Waals surface area contributed by atoms with Crippen molar-refractivity contribution in [1.82, 2.24) is 0 Å². The SMILES string of the molecule is CC/C=C/[C@H](CC(=O)O)c1cccc(OCc2ccc(-c3cc(OC)ccc3F)c(C(C)(C)C)c2)c1. The van der Waals surface area contributed by atoms with Crippen molar-refractivity contribution in [3.05, 3.63) is 95.3 Å². The number of rotatable bonds is 10. The van der Waals surface area contributed by atoms with Gasteiger partial charge in [0.2, 0.25) is 0 Å². The first-order valence-electron chi connectivity index (χ1n) is 12.2. The second kappa shape index (κ2) is 11.9. The van der Waals surface area contributed by atoms with E-state index in [4.69, 9.17) is 9.47 Å². The van der Waals surface area contributed by atoms with E-state index in [1.54, 1.807) is 19.2 Å². The van der Waals surface area contributed by atoms with Crippen LogP contribution in [-0.4, -0.2) is 18.2 Å². The second-order valence-electron chi connectivity index (χ2n) is 9.88. The maximum atomic E-state index is 14.8. The van der Waals surface area contributed by atoms with Crippen LogP contribution in [0, 0.1) is 5.82 Å². The molecule has 3 aromatic carbocycles. The molecule has 0 unspecified atom stereocenters.